The molecule has 0 radical (unpaired) electrons. The minimum Gasteiger partial charge on any atom is -0.480 e. The molecule has 0 aliphatic rings. The maximum absolute atomic E-state index is 9.35. The molecule has 1 aromatic heterocycles. The van der Waals surface area contributed by atoms with E-state index in [0.29, 0.717) is 11.1 Å². The first-order chi connectivity index (χ1) is 6.33. The van der Waals surface area contributed by atoms with Gasteiger partial charge in [-0.25, -0.2) is 0 Å². The van der Waals surface area contributed by atoms with Gasteiger partial charge in [0.2, 0.25) is 0 Å². The molecule has 0 aliphatic carbocycles. The zero-order valence-electron chi connectivity index (χ0n) is 6.77. The van der Waals surface area contributed by atoms with Gasteiger partial charge in [-0.05, 0) is 6.07 Å². The van der Waals surface area contributed by atoms with Crippen LogP contribution < -0.4 is 5.84 Å². The molecule has 66 valence electrons. The molecule has 1 aromatic carbocycles. The number of furan rings is 1. The molecular formula is C9H8N2O2. The number of hydrogen-bond donors (Lipinski definition) is 2. The fourth-order valence-electron chi connectivity index (χ4n) is 1.26. The summed E-state index contributed by atoms with van der Waals surface area (Å²) in [5.74, 6) is 5.35. The van der Waals surface area contributed by atoms with Crippen molar-refractivity contribution in [3.05, 3.63) is 30.0 Å². The summed E-state index contributed by atoms with van der Waals surface area (Å²) in [7, 11) is 0. The highest BCUT2D eigenvalue weighted by atomic mass is 16.5. The Bertz CT molecular complexity index is 460. The van der Waals surface area contributed by atoms with Gasteiger partial charge in [0.05, 0.1) is 11.6 Å². The Morgan fingerprint density at radius 1 is 1.31 bits per heavy atom. The predicted octanol–water partition coefficient (Wildman–Crippen LogP) is 1.43. The van der Waals surface area contributed by atoms with Crippen LogP contribution in [0.4, 0.5) is 0 Å². The standard InChI is InChI=1S/C9H8N2O2/c10-11-5-8-6-3-1-2-4-7(6)9(12)13-8/h1-5,12H,10H2/b11-5+. The lowest BCUT2D eigenvalue weighted by molar-refractivity contribution is 0.336. The van der Waals surface area contributed by atoms with Crippen molar-refractivity contribution in [1.29, 1.82) is 0 Å². The van der Waals surface area contributed by atoms with Gasteiger partial charge in [-0.3, -0.25) is 0 Å². The number of nitrogens with two attached hydrogens (primary N) is 1. The quantitative estimate of drug-likeness (QED) is 0.392. The van der Waals surface area contributed by atoms with Crippen molar-refractivity contribution >= 4 is 17.0 Å². The van der Waals surface area contributed by atoms with Crippen molar-refractivity contribution in [3.63, 3.8) is 0 Å². The molecule has 2 rings (SSSR count). The molecule has 0 atom stereocenters. The van der Waals surface area contributed by atoms with Gasteiger partial charge in [0.25, 0.3) is 5.95 Å². The topological polar surface area (TPSA) is 71.8 Å². The average Bonchev–Trinajstić information content (AvgIpc) is 2.46. The maximum atomic E-state index is 9.35. The molecule has 3 N–H and O–H groups in total. The molecule has 0 saturated carbocycles. The minimum absolute atomic E-state index is 0.106. The van der Waals surface area contributed by atoms with Gasteiger partial charge in [0, 0.05) is 5.39 Å². The summed E-state index contributed by atoms with van der Waals surface area (Å²) in [6.45, 7) is 0. The molecule has 4 nitrogen and oxygen atoms in total. The van der Waals surface area contributed by atoms with Crippen molar-refractivity contribution in [3.8, 4) is 5.95 Å². The number of aromatic hydroxyl groups is 1. The lowest BCUT2D eigenvalue weighted by Crippen LogP contribution is -1.83. The normalized spacial score (nSPS) is 11.4. The van der Waals surface area contributed by atoms with E-state index in [-0.39, 0.29) is 5.95 Å². The Morgan fingerprint density at radius 3 is 2.69 bits per heavy atom. The van der Waals surface area contributed by atoms with E-state index in [4.69, 9.17) is 10.3 Å². The van der Waals surface area contributed by atoms with Gasteiger partial charge in [0.1, 0.15) is 0 Å². The Hall–Kier alpha value is -1.97. The zero-order valence-corrected chi connectivity index (χ0v) is 6.77. The molecule has 0 saturated heterocycles. The monoisotopic (exact) mass is 176 g/mol. The van der Waals surface area contributed by atoms with Crippen LogP contribution in [0.15, 0.2) is 33.8 Å². The summed E-state index contributed by atoms with van der Waals surface area (Å²) in [6.07, 6.45) is 1.36. The van der Waals surface area contributed by atoms with Crippen LogP contribution in [0.25, 0.3) is 10.8 Å². The highest BCUT2D eigenvalue weighted by Crippen LogP contribution is 2.29. The van der Waals surface area contributed by atoms with Crippen molar-refractivity contribution in [2.24, 2.45) is 10.9 Å². The van der Waals surface area contributed by atoms with Gasteiger partial charge >= 0.3 is 0 Å². The van der Waals surface area contributed by atoms with Crippen LogP contribution in [0.2, 0.25) is 0 Å². The number of rotatable bonds is 1. The van der Waals surface area contributed by atoms with E-state index in [0.717, 1.165) is 5.39 Å². The van der Waals surface area contributed by atoms with Crippen LogP contribution in [-0.2, 0) is 0 Å². The second-order valence-corrected chi connectivity index (χ2v) is 2.60. The number of hydrogen-bond acceptors (Lipinski definition) is 4. The third kappa shape index (κ3) is 1.12. The Balaban J connectivity index is 2.77. The van der Waals surface area contributed by atoms with Crippen molar-refractivity contribution < 1.29 is 9.52 Å². The molecule has 0 aliphatic heterocycles. The molecule has 2 aromatic rings. The van der Waals surface area contributed by atoms with Gasteiger partial charge in [-0.1, -0.05) is 18.2 Å². The first kappa shape index (κ1) is 7.67. The number of benzene rings is 1. The van der Waals surface area contributed by atoms with Gasteiger partial charge in [0.15, 0.2) is 5.76 Å². The molecule has 13 heavy (non-hydrogen) atoms. The van der Waals surface area contributed by atoms with Gasteiger partial charge in [-0.2, -0.15) is 5.10 Å². The Labute approximate surface area is 74.3 Å². The summed E-state index contributed by atoms with van der Waals surface area (Å²) in [5.41, 5.74) is 0. The SMILES string of the molecule is N/N=C/c1oc(O)c2ccccc12. The van der Waals surface area contributed by atoms with Crippen LogP contribution in [0.1, 0.15) is 5.76 Å². The lowest BCUT2D eigenvalue weighted by Gasteiger charge is -1.85. The lowest BCUT2D eigenvalue weighted by atomic mass is 10.2. The second-order valence-electron chi connectivity index (χ2n) is 2.60. The average molecular weight is 176 g/mol. The zero-order chi connectivity index (χ0) is 9.26. The van der Waals surface area contributed by atoms with Crippen LogP contribution in [0, 0.1) is 0 Å². The van der Waals surface area contributed by atoms with Gasteiger partial charge in [-0.15, -0.1) is 0 Å². The van der Waals surface area contributed by atoms with Crippen molar-refractivity contribution in [2.75, 3.05) is 0 Å². The molecule has 0 fully saturated rings. The first-order valence-electron chi connectivity index (χ1n) is 3.76. The highest BCUT2D eigenvalue weighted by molar-refractivity contribution is 5.99. The minimum atomic E-state index is -0.106. The maximum Gasteiger partial charge on any atom is 0.290 e. The highest BCUT2D eigenvalue weighted by Gasteiger charge is 2.08. The summed E-state index contributed by atoms with van der Waals surface area (Å²) in [6, 6.07) is 7.27. The first-order valence-corrected chi connectivity index (χ1v) is 3.76. The van der Waals surface area contributed by atoms with E-state index >= 15 is 0 Å². The van der Waals surface area contributed by atoms with E-state index in [1.807, 2.05) is 18.2 Å². The molecule has 4 heteroatoms. The third-order valence-electron chi connectivity index (χ3n) is 1.82. The molecule has 0 unspecified atom stereocenters. The summed E-state index contributed by atoms with van der Waals surface area (Å²) < 4.78 is 5.03. The smallest absolute Gasteiger partial charge is 0.290 e. The van der Waals surface area contributed by atoms with Gasteiger partial charge < -0.3 is 15.4 Å². The fourth-order valence-corrected chi connectivity index (χ4v) is 1.26. The van der Waals surface area contributed by atoms with E-state index in [9.17, 15) is 5.11 Å². The van der Waals surface area contributed by atoms with E-state index in [1.54, 1.807) is 6.07 Å². The van der Waals surface area contributed by atoms with E-state index < -0.39 is 0 Å². The molecular weight excluding hydrogens is 168 g/mol. The molecule has 0 spiro atoms. The Morgan fingerprint density at radius 2 is 2.00 bits per heavy atom. The summed E-state index contributed by atoms with van der Waals surface area (Å²) in [4.78, 5) is 0. The van der Waals surface area contributed by atoms with Crippen molar-refractivity contribution in [1.82, 2.24) is 0 Å². The summed E-state index contributed by atoms with van der Waals surface area (Å²) in [5, 5.41) is 14.2. The number of hydrazone groups is 1. The Kier molecular flexibility index (Phi) is 1.66. The number of nitrogens with zero attached hydrogens (tertiary/aromatic N) is 1. The second kappa shape index (κ2) is 2.82. The largest absolute Gasteiger partial charge is 0.480 e. The molecule has 1 heterocycles. The molecule has 0 bridgehead atoms. The molecule has 0 amide bonds. The van der Waals surface area contributed by atoms with Crippen molar-refractivity contribution in [2.45, 2.75) is 0 Å². The van der Waals surface area contributed by atoms with Crippen LogP contribution in [0.5, 0.6) is 5.95 Å². The van der Waals surface area contributed by atoms with Crippen LogP contribution in [0.3, 0.4) is 0 Å². The predicted molar refractivity (Wildman–Crippen MR) is 49.7 cm³/mol. The number of fused-ring (bicyclic) bond motifs is 1. The summed E-state index contributed by atoms with van der Waals surface area (Å²) >= 11 is 0. The van der Waals surface area contributed by atoms with E-state index in [2.05, 4.69) is 5.10 Å². The van der Waals surface area contributed by atoms with Crippen LogP contribution >= 0.6 is 0 Å². The third-order valence-corrected chi connectivity index (χ3v) is 1.82. The van der Waals surface area contributed by atoms with E-state index in [1.165, 1.54) is 6.21 Å². The fraction of sp³-hybridized carbons (Fsp3) is 0. The van der Waals surface area contributed by atoms with Crippen LogP contribution in [-0.4, -0.2) is 11.3 Å².